The van der Waals surface area contributed by atoms with Gasteiger partial charge in [0.1, 0.15) is 12.4 Å². The number of hydrogen-bond acceptors (Lipinski definition) is 3. The molecule has 1 N–H and O–H groups in total. The summed E-state index contributed by atoms with van der Waals surface area (Å²) in [7, 11) is 0. The van der Waals surface area contributed by atoms with Gasteiger partial charge in [-0.25, -0.2) is 0 Å². The molecule has 0 aliphatic rings. The normalized spacial score (nSPS) is 10.8. The van der Waals surface area contributed by atoms with Crippen molar-refractivity contribution in [2.75, 3.05) is 11.6 Å². The average Bonchev–Trinajstić information content (AvgIpc) is 2.54. The van der Waals surface area contributed by atoms with Crippen LogP contribution in [0.2, 0.25) is 0 Å². The van der Waals surface area contributed by atoms with Crippen LogP contribution < -0.4 is 10.1 Å². The number of hydrogen-bond donors (Lipinski definition) is 1. The van der Waals surface area contributed by atoms with Gasteiger partial charge in [0, 0.05) is 5.56 Å². The van der Waals surface area contributed by atoms with E-state index in [1.165, 1.54) is 17.3 Å². The number of rotatable bonds is 5. The van der Waals surface area contributed by atoms with Gasteiger partial charge in [-0.15, -0.1) is 0 Å². The van der Waals surface area contributed by atoms with Crippen molar-refractivity contribution >= 4 is 22.7 Å². The lowest BCUT2D eigenvalue weighted by atomic mass is 9.98. The van der Waals surface area contributed by atoms with E-state index in [0.717, 1.165) is 28.1 Å². The molecule has 24 heavy (non-hydrogen) atoms. The van der Waals surface area contributed by atoms with E-state index in [0.29, 0.717) is 12.5 Å². The molecule has 0 bridgehead atoms. The lowest BCUT2D eigenvalue weighted by Crippen LogP contribution is -2.11. The molecule has 4 heteroatoms. The van der Waals surface area contributed by atoms with E-state index in [4.69, 9.17) is 4.74 Å². The Bertz CT molecular complexity index is 726. The monoisotopic (exact) mass is 343 g/mol. The number of carbonyl (C=O) groups is 1. The fourth-order valence-electron chi connectivity index (χ4n) is 2.64. The van der Waals surface area contributed by atoms with Crippen molar-refractivity contribution in [3.05, 3.63) is 58.7 Å². The molecule has 1 amide bonds. The number of nitrogens with one attached hydrogen (secondary N) is 1. The molecule has 0 radical (unpaired) electrons. The molecule has 128 valence electrons. The van der Waals surface area contributed by atoms with Crippen LogP contribution in [0.3, 0.4) is 0 Å². The first-order valence-electron chi connectivity index (χ1n) is 8.09. The van der Waals surface area contributed by atoms with E-state index in [2.05, 4.69) is 38.2 Å². The summed E-state index contributed by atoms with van der Waals surface area (Å²) in [4.78, 5) is 11.9. The molecule has 0 unspecified atom stereocenters. The molecule has 0 aliphatic heterocycles. The van der Waals surface area contributed by atoms with Crippen molar-refractivity contribution in [1.82, 2.24) is 0 Å². The number of carbonyl (C=O) groups excluding carboxylic acids is 1. The Morgan fingerprint density at radius 3 is 2.58 bits per heavy atom. The maximum atomic E-state index is 11.9. The van der Waals surface area contributed by atoms with Crippen LogP contribution in [0.5, 0.6) is 5.75 Å². The number of thioether (sulfide) groups is 1. The van der Waals surface area contributed by atoms with Crippen LogP contribution in [-0.4, -0.2) is 11.5 Å². The maximum absolute atomic E-state index is 11.9. The first-order valence-corrected chi connectivity index (χ1v) is 9.31. The third-order valence-corrected chi connectivity index (χ3v) is 4.40. The molecule has 2 rings (SSSR count). The van der Waals surface area contributed by atoms with Crippen molar-refractivity contribution in [1.29, 1.82) is 0 Å². The minimum Gasteiger partial charge on any atom is -0.489 e. The van der Waals surface area contributed by atoms with Crippen LogP contribution in [-0.2, 0) is 6.61 Å². The Morgan fingerprint density at radius 2 is 1.96 bits per heavy atom. The first-order chi connectivity index (χ1) is 11.4. The highest BCUT2D eigenvalue weighted by atomic mass is 32.2. The molecule has 3 nitrogen and oxygen atoms in total. The summed E-state index contributed by atoms with van der Waals surface area (Å²) in [5.41, 5.74) is 5.32. The smallest absolute Gasteiger partial charge is 0.283 e. The number of benzene rings is 2. The zero-order valence-corrected chi connectivity index (χ0v) is 15.8. The van der Waals surface area contributed by atoms with E-state index in [1.54, 1.807) is 6.26 Å². The van der Waals surface area contributed by atoms with Gasteiger partial charge >= 0.3 is 0 Å². The Balaban J connectivity index is 2.28. The summed E-state index contributed by atoms with van der Waals surface area (Å²) < 4.78 is 6.01. The van der Waals surface area contributed by atoms with E-state index >= 15 is 0 Å². The number of ether oxygens (including phenoxy) is 1. The Hall–Kier alpha value is -1.94. The molecule has 0 aromatic heterocycles. The second-order valence-corrected chi connectivity index (χ2v) is 6.99. The second-order valence-electron chi connectivity index (χ2n) is 6.21. The van der Waals surface area contributed by atoms with Gasteiger partial charge < -0.3 is 10.1 Å². The molecular weight excluding hydrogens is 318 g/mol. The Labute approximate surface area is 148 Å². The highest BCUT2D eigenvalue weighted by molar-refractivity contribution is 8.13. The van der Waals surface area contributed by atoms with Gasteiger partial charge in [0.2, 0.25) is 0 Å². The van der Waals surface area contributed by atoms with Crippen LogP contribution >= 0.6 is 11.8 Å². The van der Waals surface area contributed by atoms with Crippen molar-refractivity contribution in [3.8, 4) is 5.75 Å². The molecule has 0 atom stereocenters. The third kappa shape index (κ3) is 4.54. The predicted molar refractivity (Wildman–Crippen MR) is 103 cm³/mol. The Morgan fingerprint density at radius 1 is 1.21 bits per heavy atom. The lowest BCUT2D eigenvalue weighted by molar-refractivity contribution is 0.269. The predicted octanol–water partition coefficient (Wildman–Crippen LogP) is 5.90. The van der Waals surface area contributed by atoms with Gasteiger partial charge in [0.15, 0.2) is 0 Å². The van der Waals surface area contributed by atoms with Crippen molar-refractivity contribution < 1.29 is 9.53 Å². The van der Waals surface area contributed by atoms with Crippen molar-refractivity contribution in [2.24, 2.45) is 0 Å². The Kier molecular flexibility index (Phi) is 6.32. The summed E-state index contributed by atoms with van der Waals surface area (Å²) >= 11 is 1.18. The number of aryl methyl sites for hydroxylation is 2. The van der Waals surface area contributed by atoms with E-state index < -0.39 is 0 Å². The summed E-state index contributed by atoms with van der Waals surface area (Å²) in [5.74, 6) is 1.20. The standard InChI is InChI=1S/C20H25NO2S/c1-13(2)17-8-6-7-16(19(17)21-20(22)24-5)12-23-18-10-9-14(3)11-15(18)4/h6-11,13H,12H2,1-5H3,(H,21,22). The molecule has 0 saturated heterocycles. The average molecular weight is 343 g/mol. The van der Waals surface area contributed by atoms with E-state index in [1.807, 2.05) is 31.2 Å². The summed E-state index contributed by atoms with van der Waals surface area (Å²) in [6.07, 6.45) is 1.78. The molecule has 0 heterocycles. The van der Waals surface area contributed by atoms with Gasteiger partial charge in [-0.1, -0.05) is 61.5 Å². The summed E-state index contributed by atoms with van der Waals surface area (Å²) in [5, 5.41) is 2.95. The van der Waals surface area contributed by atoms with Crippen molar-refractivity contribution in [2.45, 2.75) is 40.2 Å². The minimum atomic E-state index is -0.0594. The molecule has 0 spiro atoms. The SMILES string of the molecule is CSC(=O)Nc1c(COc2ccc(C)cc2C)cccc1C(C)C. The molecule has 2 aromatic carbocycles. The van der Waals surface area contributed by atoms with Crippen molar-refractivity contribution in [3.63, 3.8) is 0 Å². The quantitative estimate of drug-likeness (QED) is 0.734. The van der Waals surface area contributed by atoms with Crippen LogP contribution in [0, 0.1) is 13.8 Å². The highest BCUT2D eigenvalue weighted by Gasteiger charge is 2.14. The lowest BCUT2D eigenvalue weighted by Gasteiger charge is -2.18. The largest absolute Gasteiger partial charge is 0.489 e. The maximum Gasteiger partial charge on any atom is 0.283 e. The topological polar surface area (TPSA) is 38.3 Å². The van der Waals surface area contributed by atoms with E-state index in [9.17, 15) is 4.79 Å². The molecule has 0 fully saturated rings. The van der Waals surface area contributed by atoms with Gasteiger partial charge in [0.05, 0.1) is 5.69 Å². The van der Waals surface area contributed by atoms with Gasteiger partial charge in [-0.05, 0) is 43.2 Å². The number of anilines is 1. The fraction of sp³-hybridized carbons (Fsp3) is 0.350. The van der Waals surface area contributed by atoms with Crippen LogP contribution in [0.4, 0.5) is 10.5 Å². The minimum absolute atomic E-state index is 0.0594. The van der Waals surface area contributed by atoms with Crippen LogP contribution in [0.15, 0.2) is 36.4 Å². The highest BCUT2D eigenvalue weighted by Crippen LogP contribution is 2.30. The molecule has 0 aliphatic carbocycles. The van der Waals surface area contributed by atoms with Gasteiger partial charge in [0.25, 0.3) is 5.24 Å². The van der Waals surface area contributed by atoms with Crippen LogP contribution in [0.1, 0.15) is 42.0 Å². The zero-order valence-electron chi connectivity index (χ0n) is 15.0. The van der Waals surface area contributed by atoms with Crippen LogP contribution in [0.25, 0.3) is 0 Å². The molecule has 0 saturated carbocycles. The number of amides is 1. The molecular formula is C20H25NO2S. The second kappa shape index (κ2) is 8.25. The fourth-order valence-corrected chi connectivity index (χ4v) is 2.85. The van der Waals surface area contributed by atoms with Gasteiger partial charge in [-0.2, -0.15) is 0 Å². The first kappa shape index (κ1) is 18.4. The number of para-hydroxylation sites is 1. The summed E-state index contributed by atoms with van der Waals surface area (Å²) in [6.45, 7) is 8.79. The third-order valence-electron chi connectivity index (χ3n) is 3.93. The summed E-state index contributed by atoms with van der Waals surface area (Å²) in [6, 6.07) is 12.2. The van der Waals surface area contributed by atoms with Gasteiger partial charge in [-0.3, -0.25) is 4.79 Å². The zero-order chi connectivity index (χ0) is 17.7. The molecule has 2 aromatic rings. The van der Waals surface area contributed by atoms with E-state index in [-0.39, 0.29) is 5.24 Å².